The van der Waals surface area contributed by atoms with Crippen molar-refractivity contribution in [2.75, 3.05) is 0 Å². The fourth-order valence-electron chi connectivity index (χ4n) is 4.67. The molecule has 0 bridgehead atoms. The maximum Gasteiger partial charge on any atom is 0.114 e. The Morgan fingerprint density at radius 2 is 1.58 bits per heavy atom. The molecule has 1 atom stereocenters. The number of aromatic nitrogens is 2. The van der Waals surface area contributed by atoms with Crippen molar-refractivity contribution in [3.8, 4) is 33.4 Å². The lowest BCUT2D eigenvalue weighted by molar-refractivity contribution is 0.452. The van der Waals surface area contributed by atoms with Gasteiger partial charge in [0.25, 0.3) is 0 Å². The molecule has 3 heterocycles. The van der Waals surface area contributed by atoms with Crippen LogP contribution in [-0.2, 0) is 6.42 Å². The predicted molar refractivity (Wildman–Crippen MR) is 160 cm³/mol. The van der Waals surface area contributed by atoms with E-state index in [-0.39, 0.29) is 0 Å². The van der Waals surface area contributed by atoms with Gasteiger partial charge in [-0.2, -0.15) is 8.75 Å². The summed E-state index contributed by atoms with van der Waals surface area (Å²) in [6.07, 6.45) is 8.50. The van der Waals surface area contributed by atoms with Crippen molar-refractivity contribution in [2.24, 2.45) is 5.92 Å². The van der Waals surface area contributed by atoms with Gasteiger partial charge in [0.1, 0.15) is 11.0 Å². The highest BCUT2D eigenvalue weighted by Gasteiger charge is 2.17. The minimum Gasteiger partial charge on any atom is -0.172 e. The third-order valence-electron chi connectivity index (χ3n) is 6.78. The molecule has 5 aromatic rings. The lowest BCUT2D eigenvalue weighted by atomic mass is 9.95. The van der Waals surface area contributed by atoms with Crippen molar-refractivity contribution in [3.63, 3.8) is 0 Å². The van der Waals surface area contributed by atoms with Crippen LogP contribution in [0.3, 0.4) is 0 Å². The minimum absolute atomic E-state index is 0.808. The lowest BCUT2D eigenvalue weighted by Crippen LogP contribution is -2.01. The fourth-order valence-corrected chi connectivity index (χ4v) is 7.80. The van der Waals surface area contributed by atoms with Crippen LogP contribution < -0.4 is 0 Å². The van der Waals surface area contributed by atoms with Gasteiger partial charge in [-0.25, -0.2) is 0 Å². The van der Waals surface area contributed by atoms with Gasteiger partial charge in [-0.05, 0) is 48.6 Å². The number of rotatable bonds is 9. The Hall–Kier alpha value is -2.52. The summed E-state index contributed by atoms with van der Waals surface area (Å²) in [5.41, 5.74) is 6.53. The maximum absolute atomic E-state index is 4.72. The Morgan fingerprint density at radius 3 is 2.31 bits per heavy atom. The summed E-state index contributed by atoms with van der Waals surface area (Å²) in [6, 6.07) is 17.7. The first-order valence-corrected chi connectivity index (χ1v) is 15.4. The number of nitrogens with zero attached hydrogens (tertiary/aromatic N) is 2. The average Bonchev–Trinajstić information content (AvgIpc) is 3.62. The largest absolute Gasteiger partial charge is 0.172 e. The number of fused-ring (bicyclic) bond motifs is 2. The number of hydrogen-bond donors (Lipinski definition) is 0. The molecule has 0 fully saturated rings. The monoisotopic (exact) mass is 528 g/mol. The smallest absolute Gasteiger partial charge is 0.114 e. The van der Waals surface area contributed by atoms with Crippen LogP contribution in [0.25, 0.3) is 42.0 Å². The van der Waals surface area contributed by atoms with Gasteiger partial charge in [-0.1, -0.05) is 82.6 Å². The molecular formula is C31H32N2S3. The van der Waals surface area contributed by atoms with Gasteiger partial charge < -0.3 is 0 Å². The molecule has 0 N–H and O–H groups in total. The molecule has 0 aliphatic rings. The molecule has 2 aromatic carbocycles. The third kappa shape index (κ3) is 5.42. The zero-order valence-corrected chi connectivity index (χ0v) is 23.7. The molecule has 0 aliphatic heterocycles. The molecule has 5 rings (SSSR count). The summed E-state index contributed by atoms with van der Waals surface area (Å²) in [5.74, 6) is 7.28. The molecule has 0 amide bonds. The van der Waals surface area contributed by atoms with E-state index in [4.69, 9.17) is 8.75 Å². The standard InChI is InChI=1S/C31H32N2S3/c1-4-7-9-11-22-12-14-23(15-13-22)25-16-17-26(31-30(25)32-36-33-31)27-20-29-28(35-27)19-24(34-29)18-21(6-3)10-8-5-2/h12-17,19-21H,4-8,10,18H2,1-3H3. The molecular weight excluding hydrogens is 497 g/mol. The van der Waals surface area contributed by atoms with E-state index in [1.54, 1.807) is 0 Å². The molecule has 5 heteroatoms. The van der Waals surface area contributed by atoms with Crippen molar-refractivity contribution in [1.29, 1.82) is 0 Å². The van der Waals surface area contributed by atoms with E-state index in [9.17, 15) is 0 Å². The number of unbranched alkanes of at least 4 members (excludes halogenated alkanes) is 2. The third-order valence-corrected chi connectivity index (χ3v) is 9.65. The van der Waals surface area contributed by atoms with Crippen LogP contribution in [0.1, 0.15) is 69.7 Å². The van der Waals surface area contributed by atoms with Gasteiger partial charge in [0.2, 0.25) is 0 Å². The van der Waals surface area contributed by atoms with Crippen LogP contribution >= 0.6 is 34.4 Å². The van der Waals surface area contributed by atoms with Crippen LogP contribution in [0.15, 0.2) is 48.5 Å². The van der Waals surface area contributed by atoms with Crippen molar-refractivity contribution in [1.82, 2.24) is 8.75 Å². The molecule has 1 unspecified atom stereocenters. The minimum atomic E-state index is 0.808. The van der Waals surface area contributed by atoms with E-state index < -0.39 is 0 Å². The highest BCUT2D eigenvalue weighted by atomic mass is 32.1. The van der Waals surface area contributed by atoms with Crippen LogP contribution in [0.5, 0.6) is 0 Å². The van der Waals surface area contributed by atoms with Crippen molar-refractivity contribution in [3.05, 3.63) is 59.0 Å². The van der Waals surface area contributed by atoms with Gasteiger partial charge in [0.05, 0.1) is 11.7 Å². The first-order valence-electron chi connectivity index (χ1n) is 13.1. The Labute approximate surface area is 226 Å². The molecule has 0 saturated heterocycles. The lowest BCUT2D eigenvalue weighted by Gasteiger charge is -2.12. The van der Waals surface area contributed by atoms with Gasteiger partial charge in [0.15, 0.2) is 0 Å². The summed E-state index contributed by atoms with van der Waals surface area (Å²) >= 11 is 5.16. The Morgan fingerprint density at radius 1 is 0.833 bits per heavy atom. The normalized spacial score (nSPS) is 12.2. The van der Waals surface area contributed by atoms with Crippen molar-refractivity contribution in [2.45, 2.75) is 65.7 Å². The van der Waals surface area contributed by atoms with Crippen molar-refractivity contribution >= 4 is 54.8 Å². The van der Waals surface area contributed by atoms with E-state index in [0.29, 0.717) is 0 Å². The summed E-state index contributed by atoms with van der Waals surface area (Å²) in [6.45, 7) is 6.78. The summed E-state index contributed by atoms with van der Waals surface area (Å²) in [4.78, 5) is 2.82. The first kappa shape index (κ1) is 25.1. The molecule has 0 spiro atoms. The fraction of sp³-hybridized carbons (Fsp3) is 0.355. The van der Waals surface area contributed by atoms with E-state index in [1.807, 2.05) is 22.7 Å². The topological polar surface area (TPSA) is 25.8 Å². The average molecular weight is 529 g/mol. The quantitative estimate of drug-likeness (QED) is 0.178. The van der Waals surface area contributed by atoms with Gasteiger partial charge in [0, 0.05) is 42.3 Å². The zero-order valence-electron chi connectivity index (χ0n) is 21.3. The zero-order chi connectivity index (χ0) is 24.9. The summed E-state index contributed by atoms with van der Waals surface area (Å²) < 4.78 is 12.2. The van der Waals surface area contributed by atoms with Crippen LogP contribution in [-0.4, -0.2) is 8.75 Å². The van der Waals surface area contributed by atoms with Crippen molar-refractivity contribution < 1.29 is 0 Å². The summed E-state index contributed by atoms with van der Waals surface area (Å²) in [7, 11) is 0. The molecule has 0 aliphatic carbocycles. The van der Waals surface area contributed by atoms with E-state index in [2.05, 4.69) is 81.1 Å². The second-order valence-corrected chi connectivity index (χ2v) is 12.2. The second kappa shape index (κ2) is 11.7. The van der Waals surface area contributed by atoms with E-state index in [1.165, 1.54) is 68.5 Å². The molecule has 2 nitrogen and oxygen atoms in total. The van der Waals surface area contributed by atoms with E-state index in [0.717, 1.165) is 46.5 Å². The molecule has 184 valence electrons. The van der Waals surface area contributed by atoms with Gasteiger partial charge >= 0.3 is 0 Å². The molecule has 3 aromatic heterocycles. The predicted octanol–water partition coefficient (Wildman–Crippen LogP) is 10.2. The van der Waals surface area contributed by atoms with Crippen LogP contribution in [0, 0.1) is 17.8 Å². The number of benzene rings is 2. The van der Waals surface area contributed by atoms with Crippen LogP contribution in [0.4, 0.5) is 0 Å². The number of hydrogen-bond acceptors (Lipinski definition) is 5. The highest BCUT2D eigenvalue weighted by Crippen LogP contribution is 2.42. The summed E-state index contributed by atoms with van der Waals surface area (Å²) in [5, 5.41) is 0. The van der Waals surface area contributed by atoms with Gasteiger partial charge in [-0.3, -0.25) is 0 Å². The molecule has 0 saturated carbocycles. The first-order chi connectivity index (χ1) is 17.7. The maximum atomic E-state index is 4.72. The Balaban J connectivity index is 1.41. The number of thiophene rings is 2. The SMILES string of the molecule is CCCC#Cc1ccc(-c2ccc(-c3cc4sc(CC(CC)CCCC)cc4s3)c3nsnc23)cc1. The second-order valence-electron chi connectivity index (χ2n) is 9.42. The molecule has 0 radical (unpaired) electrons. The van der Waals surface area contributed by atoms with Gasteiger partial charge in [-0.15, -0.1) is 22.7 Å². The van der Waals surface area contributed by atoms with E-state index >= 15 is 0 Å². The Bertz CT molecular complexity index is 1480. The van der Waals surface area contributed by atoms with Crippen LogP contribution in [0.2, 0.25) is 0 Å². The Kier molecular flexibility index (Phi) is 8.16. The molecule has 36 heavy (non-hydrogen) atoms. The highest BCUT2D eigenvalue weighted by molar-refractivity contribution is 7.29.